The largest absolute Gasteiger partial charge is 0.487 e. The van der Waals surface area contributed by atoms with Crippen LogP contribution < -0.4 is 9.46 Å². The molecule has 1 aliphatic rings. The molecule has 0 heterocycles. The number of sulfonamides is 1. The van der Waals surface area contributed by atoms with E-state index in [9.17, 15) is 26.4 Å². The van der Waals surface area contributed by atoms with Crippen molar-refractivity contribution in [1.82, 2.24) is 0 Å². The molecule has 2 N–H and O–H groups in total. The number of rotatable bonds is 9. The Kier molecular flexibility index (Phi) is 7.77. The molecule has 0 spiro atoms. The molecule has 0 saturated heterocycles. The molecule has 4 rings (SSSR count). The minimum atomic E-state index is -4.66. The molecule has 3 aromatic carbocycles. The summed E-state index contributed by atoms with van der Waals surface area (Å²) in [5, 5.41) is 9.02. The molecule has 0 unspecified atom stereocenters. The van der Waals surface area contributed by atoms with Crippen LogP contribution in [0, 0.1) is 5.92 Å². The second-order valence-electron chi connectivity index (χ2n) is 9.07. The third-order valence-corrected chi connectivity index (χ3v) is 7.86. The van der Waals surface area contributed by atoms with Crippen molar-refractivity contribution in [3.63, 3.8) is 0 Å². The number of anilines is 1. The zero-order valence-corrected chi connectivity index (χ0v) is 20.6. The van der Waals surface area contributed by atoms with Gasteiger partial charge in [-0.2, -0.15) is 13.2 Å². The SMILES string of the molecule is O=C(O)c1ccc(COc2cc(C(F)(F)F)ccc2NS(=O)(=O)c2ccccc2CC2CCCC2)cc1. The predicted molar refractivity (Wildman–Crippen MR) is 132 cm³/mol. The van der Waals surface area contributed by atoms with Crippen molar-refractivity contribution in [2.45, 2.75) is 49.8 Å². The first-order valence-electron chi connectivity index (χ1n) is 11.8. The standard InChI is InChI=1S/C27H26F3NO5S/c28-27(29,30)22-13-14-23(24(16-22)36-17-19-9-11-20(12-10-19)26(32)33)31-37(34,35)25-8-4-3-7-21(25)15-18-5-1-2-6-18/h3-4,7-14,16,18,31H,1-2,5-6,15,17H2,(H,32,33). The first-order chi connectivity index (χ1) is 17.5. The van der Waals surface area contributed by atoms with Crippen LogP contribution in [0.1, 0.15) is 52.7 Å². The third kappa shape index (κ3) is 6.62. The smallest absolute Gasteiger partial charge is 0.416 e. The van der Waals surface area contributed by atoms with E-state index in [1.807, 2.05) is 0 Å². The third-order valence-electron chi connectivity index (χ3n) is 6.39. The second-order valence-corrected chi connectivity index (χ2v) is 10.7. The summed E-state index contributed by atoms with van der Waals surface area (Å²) >= 11 is 0. The summed E-state index contributed by atoms with van der Waals surface area (Å²) in [6, 6.07) is 14.8. The minimum absolute atomic E-state index is 0.0486. The van der Waals surface area contributed by atoms with Crippen LogP contribution in [0.2, 0.25) is 0 Å². The molecular weight excluding hydrogens is 507 g/mol. The van der Waals surface area contributed by atoms with Crippen LogP contribution in [-0.4, -0.2) is 19.5 Å². The fraction of sp³-hybridized carbons (Fsp3) is 0.296. The Morgan fingerprint density at radius 2 is 1.68 bits per heavy atom. The van der Waals surface area contributed by atoms with Gasteiger partial charge in [-0.15, -0.1) is 0 Å². The number of hydrogen-bond donors (Lipinski definition) is 2. The van der Waals surface area contributed by atoms with Gasteiger partial charge >= 0.3 is 12.1 Å². The van der Waals surface area contributed by atoms with Gasteiger partial charge in [0.15, 0.2) is 0 Å². The van der Waals surface area contributed by atoms with E-state index < -0.39 is 27.7 Å². The highest BCUT2D eigenvalue weighted by atomic mass is 32.2. The Labute approximate surface area is 213 Å². The van der Waals surface area contributed by atoms with Crippen molar-refractivity contribution >= 4 is 21.7 Å². The number of aromatic carboxylic acids is 1. The highest BCUT2D eigenvalue weighted by Crippen LogP contribution is 2.37. The normalized spacial score (nSPS) is 14.5. The van der Waals surface area contributed by atoms with Gasteiger partial charge in [0.1, 0.15) is 12.4 Å². The number of nitrogens with one attached hydrogen (secondary N) is 1. The summed E-state index contributed by atoms with van der Waals surface area (Å²) in [6.45, 7) is -0.200. The quantitative estimate of drug-likeness (QED) is 0.327. The van der Waals surface area contributed by atoms with Gasteiger partial charge < -0.3 is 9.84 Å². The molecule has 0 atom stereocenters. The first kappa shape index (κ1) is 26.5. The van der Waals surface area contributed by atoms with Crippen molar-refractivity contribution in [3.8, 4) is 5.75 Å². The van der Waals surface area contributed by atoms with Gasteiger partial charge in [0, 0.05) is 0 Å². The van der Waals surface area contributed by atoms with E-state index >= 15 is 0 Å². The van der Waals surface area contributed by atoms with Crippen LogP contribution in [0.3, 0.4) is 0 Å². The number of carboxylic acid groups (broad SMARTS) is 1. The molecule has 10 heteroatoms. The lowest BCUT2D eigenvalue weighted by Crippen LogP contribution is -2.17. The molecule has 1 aliphatic carbocycles. The number of benzene rings is 3. The van der Waals surface area contributed by atoms with E-state index in [1.54, 1.807) is 18.2 Å². The molecule has 3 aromatic rings. The van der Waals surface area contributed by atoms with E-state index in [0.29, 0.717) is 23.5 Å². The number of ether oxygens (including phenoxy) is 1. The Morgan fingerprint density at radius 3 is 2.32 bits per heavy atom. The summed E-state index contributed by atoms with van der Waals surface area (Å²) in [4.78, 5) is 11.1. The average molecular weight is 534 g/mol. The molecule has 1 saturated carbocycles. The molecule has 37 heavy (non-hydrogen) atoms. The number of halogens is 3. The monoisotopic (exact) mass is 533 g/mol. The molecule has 0 radical (unpaired) electrons. The predicted octanol–water partition coefficient (Wildman–Crippen LogP) is 6.52. The van der Waals surface area contributed by atoms with Crippen LogP contribution in [0.25, 0.3) is 0 Å². The van der Waals surface area contributed by atoms with E-state index in [1.165, 1.54) is 30.3 Å². The van der Waals surface area contributed by atoms with Gasteiger partial charge in [0.2, 0.25) is 0 Å². The molecule has 0 bridgehead atoms. The maximum absolute atomic E-state index is 13.4. The summed E-state index contributed by atoms with van der Waals surface area (Å²) in [7, 11) is -4.13. The van der Waals surface area contributed by atoms with Gasteiger partial charge in [-0.3, -0.25) is 4.72 Å². The zero-order valence-electron chi connectivity index (χ0n) is 19.8. The van der Waals surface area contributed by atoms with Gasteiger partial charge in [0.05, 0.1) is 21.7 Å². The van der Waals surface area contributed by atoms with E-state index in [2.05, 4.69) is 4.72 Å². The van der Waals surface area contributed by atoms with Gasteiger partial charge in [-0.25, -0.2) is 13.2 Å². The second kappa shape index (κ2) is 10.8. The van der Waals surface area contributed by atoms with Gasteiger partial charge in [-0.05, 0) is 59.9 Å². The van der Waals surface area contributed by atoms with E-state index in [-0.39, 0.29) is 28.5 Å². The van der Waals surface area contributed by atoms with Gasteiger partial charge in [-0.1, -0.05) is 56.0 Å². The summed E-state index contributed by atoms with van der Waals surface area (Å²) in [5.41, 5.74) is 0.0830. The van der Waals surface area contributed by atoms with Crippen molar-refractivity contribution in [2.75, 3.05) is 4.72 Å². The fourth-order valence-corrected chi connectivity index (χ4v) is 5.79. The Morgan fingerprint density at radius 1 is 1.00 bits per heavy atom. The fourth-order valence-electron chi connectivity index (χ4n) is 4.47. The lowest BCUT2D eigenvalue weighted by Gasteiger charge is -2.18. The maximum atomic E-state index is 13.4. The Bertz CT molecular complexity index is 1370. The number of hydrogen-bond acceptors (Lipinski definition) is 4. The van der Waals surface area contributed by atoms with Crippen molar-refractivity contribution in [3.05, 3.63) is 89.0 Å². The maximum Gasteiger partial charge on any atom is 0.416 e. The summed E-state index contributed by atoms with van der Waals surface area (Å²) in [5.74, 6) is -1.02. The lowest BCUT2D eigenvalue weighted by molar-refractivity contribution is -0.137. The summed E-state index contributed by atoms with van der Waals surface area (Å²) < 4.78 is 74.9. The van der Waals surface area contributed by atoms with Crippen LogP contribution in [0.5, 0.6) is 5.75 Å². The molecule has 0 amide bonds. The highest BCUT2D eigenvalue weighted by Gasteiger charge is 2.32. The molecule has 1 fully saturated rings. The molecule has 0 aromatic heterocycles. The topological polar surface area (TPSA) is 92.7 Å². The van der Waals surface area contributed by atoms with Crippen LogP contribution >= 0.6 is 0 Å². The van der Waals surface area contributed by atoms with Crippen LogP contribution in [0.15, 0.2) is 71.6 Å². The minimum Gasteiger partial charge on any atom is -0.487 e. The Hall–Kier alpha value is -3.53. The highest BCUT2D eigenvalue weighted by molar-refractivity contribution is 7.92. The molecular formula is C27H26F3NO5S. The summed E-state index contributed by atoms with van der Waals surface area (Å²) in [6.07, 6.45) is 0.247. The number of carbonyl (C=O) groups is 1. The number of carboxylic acids is 1. The van der Waals surface area contributed by atoms with Crippen LogP contribution in [0.4, 0.5) is 18.9 Å². The van der Waals surface area contributed by atoms with Crippen LogP contribution in [-0.2, 0) is 29.2 Å². The van der Waals surface area contributed by atoms with Crippen molar-refractivity contribution in [2.24, 2.45) is 5.92 Å². The first-order valence-corrected chi connectivity index (χ1v) is 13.3. The van der Waals surface area contributed by atoms with Crippen molar-refractivity contribution in [1.29, 1.82) is 0 Å². The molecule has 6 nitrogen and oxygen atoms in total. The molecule has 196 valence electrons. The number of alkyl halides is 3. The van der Waals surface area contributed by atoms with Gasteiger partial charge in [0.25, 0.3) is 10.0 Å². The average Bonchev–Trinajstić information content (AvgIpc) is 3.36. The van der Waals surface area contributed by atoms with E-state index in [0.717, 1.165) is 43.9 Å². The van der Waals surface area contributed by atoms with E-state index in [4.69, 9.17) is 9.84 Å². The van der Waals surface area contributed by atoms with Crippen molar-refractivity contribution < 1.29 is 36.2 Å². The lowest BCUT2D eigenvalue weighted by atomic mass is 9.98. The Balaban J connectivity index is 1.61. The molecule has 0 aliphatic heterocycles. The zero-order chi connectivity index (χ0) is 26.6.